The van der Waals surface area contributed by atoms with E-state index in [0.717, 1.165) is 12.1 Å². The molecule has 0 saturated carbocycles. The maximum atomic E-state index is 12.9. The number of primary amides is 1. The molecule has 3 nitrogen and oxygen atoms in total. The Balaban J connectivity index is 2.51. The van der Waals surface area contributed by atoms with Gasteiger partial charge in [0.25, 0.3) is 0 Å². The molecule has 1 aliphatic rings. The summed E-state index contributed by atoms with van der Waals surface area (Å²) in [7, 11) is 0. The minimum Gasteiger partial charge on any atom is -0.488 e. The fourth-order valence-corrected chi connectivity index (χ4v) is 1.31. The molecule has 0 aromatic heterocycles. The highest BCUT2D eigenvalue weighted by atomic mass is 19.2. The third kappa shape index (κ3) is 1.68. The molecule has 5 heteroatoms. The van der Waals surface area contributed by atoms with E-state index in [-0.39, 0.29) is 17.9 Å². The van der Waals surface area contributed by atoms with E-state index in [0.29, 0.717) is 5.56 Å². The second-order valence-electron chi connectivity index (χ2n) is 3.13. The molecular weight excluding hydrogens is 204 g/mol. The SMILES string of the molecule is NC(=O)C1=Cc2cc(F)c(F)cc2OC1. The van der Waals surface area contributed by atoms with Gasteiger partial charge in [-0.05, 0) is 12.1 Å². The van der Waals surface area contributed by atoms with Gasteiger partial charge in [0.1, 0.15) is 12.4 Å². The first-order valence-electron chi connectivity index (χ1n) is 4.20. The van der Waals surface area contributed by atoms with Crippen molar-refractivity contribution in [3.63, 3.8) is 0 Å². The molecule has 0 unspecified atom stereocenters. The molecule has 15 heavy (non-hydrogen) atoms. The zero-order valence-corrected chi connectivity index (χ0v) is 7.59. The maximum absolute atomic E-state index is 12.9. The van der Waals surface area contributed by atoms with Crippen LogP contribution in [0.1, 0.15) is 5.56 Å². The van der Waals surface area contributed by atoms with E-state index in [9.17, 15) is 13.6 Å². The van der Waals surface area contributed by atoms with Gasteiger partial charge in [-0.1, -0.05) is 0 Å². The van der Waals surface area contributed by atoms with E-state index in [2.05, 4.69) is 0 Å². The van der Waals surface area contributed by atoms with E-state index in [4.69, 9.17) is 10.5 Å². The lowest BCUT2D eigenvalue weighted by Crippen LogP contribution is -2.21. The Morgan fingerprint density at radius 1 is 1.33 bits per heavy atom. The monoisotopic (exact) mass is 211 g/mol. The van der Waals surface area contributed by atoms with Crippen molar-refractivity contribution in [3.8, 4) is 5.75 Å². The Morgan fingerprint density at radius 3 is 2.67 bits per heavy atom. The standard InChI is InChI=1S/C10H7F2NO2/c11-7-2-5-1-6(10(13)14)4-15-9(5)3-8(7)12/h1-3H,4H2,(H2,13,14). The molecule has 0 saturated heterocycles. The van der Waals surface area contributed by atoms with Crippen LogP contribution in [0.15, 0.2) is 17.7 Å². The largest absolute Gasteiger partial charge is 0.488 e. The summed E-state index contributed by atoms with van der Waals surface area (Å²) in [6.45, 7) is -0.0204. The average molecular weight is 211 g/mol. The Hall–Kier alpha value is -1.91. The molecule has 0 fully saturated rings. The van der Waals surface area contributed by atoms with E-state index in [1.807, 2.05) is 0 Å². The zero-order valence-electron chi connectivity index (χ0n) is 7.59. The van der Waals surface area contributed by atoms with Gasteiger partial charge in [-0.15, -0.1) is 0 Å². The van der Waals surface area contributed by atoms with Gasteiger partial charge in [0.15, 0.2) is 11.6 Å². The second kappa shape index (κ2) is 3.34. The molecule has 2 N–H and O–H groups in total. The van der Waals surface area contributed by atoms with Crippen molar-refractivity contribution in [1.29, 1.82) is 0 Å². The van der Waals surface area contributed by atoms with E-state index in [1.54, 1.807) is 0 Å². The highest BCUT2D eigenvalue weighted by Crippen LogP contribution is 2.28. The summed E-state index contributed by atoms with van der Waals surface area (Å²) in [6, 6.07) is 1.91. The number of hydrogen-bond acceptors (Lipinski definition) is 2. The number of nitrogens with two attached hydrogens (primary N) is 1. The molecule has 0 atom stereocenters. The third-order valence-electron chi connectivity index (χ3n) is 2.08. The van der Waals surface area contributed by atoms with Crippen LogP contribution in [0.25, 0.3) is 6.08 Å². The molecule has 0 bridgehead atoms. The van der Waals surface area contributed by atoms with Gasteiger partial charge in [-0.3, -0.25) is 4.79 Å². The highest BCUT2D eigenvalue weighted by Gasteiger charge is 2.17. The van der Waals surface area contributed by atoms with Crippen LogP contribution in [0.5, 0.6) is 5.75 Å². The van der Waals surface area contributed by atoms with Crippen molar-refractivity contribution in [2.24, 2.45) is 5.73 Å². The number of carbonyl (C=O) groups is 1. The number of fused-ring (bicyclic) bond motifs is 1. The summed E-state index contributed by atoms with van der Waals surface area (Å²) in [5, 5.41) is 0. The summed E-state index contributed by atoms with van der Waals surface area (Å²) in [5.41, 5.74) is 5.58. The molecule has 0 aliphatic carbocycles. The number of rotatable bonds is 1. The minimum atomic E-state index is -0.987. The first kappa shape index (κ1) is 9.64. The normalized spacial score (nSPS) is 13.9. The predicted molar refractivity (Wildman–Crippen MR) is 49.0 cm³/mol. The van der Waals surface area contributed by atoms with Crippen LogP contribution in [0.4, 0.5) is 8.78 Å². The van der Waals surface area contributed by atoms with Crippen LogP contribution in [0, 0.1) is 11.6 Å². The molecule has 1 aromatic carbocycles. The highest BCUT2D eigenvalue weighted by molar-refractivity contribution is 5.97. The number of amides is 1. The Bertz CT molecular complexity index is 469. The van der Waals surface area contributed by atoms with Crippen molar-refractivity contribution in [3.05, 3.63) is 34.9 Å². The van der Waals surface area contributed by atoms with Crippen LogP contribution in [-0.2, 0) is 4.79 Å². The minimum absolute atomic E-state index is 0.0204. The Morgan fingerprint density at radius 2 is 2.00 bits per heavy atom. The fourth-order valence-electron chi connectivity index (χ4n) is 1.31. The van der Waals surface area contributed by atoms with Gasteiger partial charge >= 0.3 is 0 Å². The molecule has 0 spiro atoms. The number of benzene rings is 1. The van der Waals surface area contributed by atoms with Gasteiger partial charge in [0, 0.05) is 11.6 Å². The Labute approximate surface area is 84.1 Å². The van der Waals surface area contributed by atoms with Crippen molar-refractivity contribution >= 4 is 12.0 Å². The van der Waals surface area contributed by atoms with Crippen LogP contribution >= 0.6 is 0 Å². The quantitative estimate of drug-likeness (QED) is 0.759. The third-order valence-corrected chi connectivity index (χ3v) is 2.08. The lowest BCUT2D eigenvalue weighted by atomic mass is 10.1. The van der Waals surface area contributed by atoms with Gasteiger partial charge in [0.05, 0.1) is 5.57 Å². The molecule has 2 rings (SSSR count). The topological polar surface area (TPSA) is 52.3 Å². The maximum Gasteiger partial charge on any atom is 0.248 e. The molecule has 1 heterocycles. The van der Waals surface area contributed by atoms with Gasteiger partial charge in [0.2, 0.25) is 5.91 Å². The smallest absolute Gasteiger partial charge is 0.248 e. The summed E-state index contributed by atoms with van der Waals surface area (Å²) in [5.74, 6) is -2.40. The molecule has 1 amide bonds. The van der Waals surface area contributed by atoms with Crippen molar-refractivity contribution in [1.82, 2.24) is 0 Å². The van der Waals surface area contributed by atoms with E-state index < -0.39 is 17.5 Å². The van der Waals surface area contributed by atoms with Gasteiger partial charge in [-0.25, -0.2) is 8.78 Å². The first-order chi connectivity index (χ1) is 7.08. The van der Waals surface area contributed by atoms with E-state index in [1.165, 1.54) is 6.08 Å². The van der Waals surface area contributed by atoms with Crippen LogP contribution in [0.2, 0.25) is 0 Å². The van der Waals surface area contributed by atoms with Crippen LogP contribution < -0.4 is 10.5 Å². The Kier molecular flexibility index (Phi) is 2.15. The fraction of sp³-hybridized carbons (Fsp3) is 0.100. The van der Waals surface area contributed by atoms with Crippen molar-refractivity contribution in [2.75, 3.05) is 6.61 Å². The van der Waals surface area contributed by atoms with Crippen molar-refractivity contribution < 1.29 is 18.3 Å². The first-order valence-corrected chi connectivity index (χ1v) is 4.20. The molecule has 1 aromatic rings. The second-order valence-corrected chi connectivity index (χ2v) is 3.13. The predicted octanol–water partition coefficient (Wildman–Crippen LogP) is 1.23. The lowest BCUT2D eigenvalue weighted by molar-refractivity contribution is -0.114. The van der Waals surface area contributed by atoms with E-state index >= 15 is 0 Å². The molecular formula is C10H7F2NO2. The van der Waals surface area contributed by atoms with Gasteiger partial charge < -0.3 is 10.5 Å². The summed E-state index contributed by atoms with van der Waals surface area (Å²) in [4.78, 5) is 10.8. The number of carbonyl (C=O) groups excluding carboxylic acids is 1. The molecule has 0 radical (unpaired) electrons. The molecule has 78 valence electrons. The summed E-state index contributed by atoms with van der Waals surface area (Å²) in [6.07, 6.45) is 1.39. The summed E-state index contributed by atoms with van der Waals surface area (Å²) < 4.78 is 30.7. The van der Waals surface area contributed by atoms with Gasteiger partial charge in [-0.2, -0.15) is 0 Å². The number of ether oxygens (including phenoxy) is 1. The lowest BCUT2D eigenvalue weighted by Gasteiger charge is -2.16. The van der Waals surface area contributed by atoms with Crippen molar-refractivity contribution in [2.45, 2.75) is 0 Å². The summed E-state index contributed by atoms with van der Waals surface area (Å²) >= 11 is 0. The number of hydrogen-bond donors (Lipinski definition) is 1. The zero-order chi connectivity index (χ0) is 11.0. The number of halogens is 2. The van der Waals surface area contributed by atoms with Crippen LogP contribution in [0.3, 0.4) is 0 Å². The average Bonchev–Trinajstić information content (AvgIpc) is 2.19. The van der Waals surface area contributed by atoms with Crippen LogP contribution in [-0.4, -0.2) is 12.5 Å². The molecule has 1 aliphatic heterocycles.